The molecule has 0 N–H and O–H groups in total. The molecule has 4 aromatic heterocycles. The quantitative estimate of drug-likeness (QED) is 0.180. The molecule has 0 amide bonds. The summed E-state index contributed by atoms with van der Waals surface area (Å²) >= 11 is 0. The second kappa shape index (κ2) is 12.1. The van der Waals surface area contributed by atoms with Crippen molar-refractivity contribution in [2.45, 2.75) is 0 Å². The molecular formula is C50H32N4. The van der Waals surface area contributed by atoms with Crippen LogP contribution in [-0.2, 0) is 0 Å². The third kappa shape index (κ3) is 4.78. The number of nitrogens with zero attached hydrogens (tertiary/aromatic N) is 4. The van der Waals surface area contributed by atoms with Crippen LogP contribution in [0, 0.1) is 0 Å². The molecule has 0 spiro atoms. The zero-order valence-electron chi connectivity index (χ0n) is 29.3. The molecule has 11 rings (SSSR count). The second-order valence-electron chi connectivity index (χ2n) is 13.9. The van der Waals surface area contributed by atoms with E-state index < -0.39 is 0 Å². The first kappa shape index (κ1) is 30.3. The van der Waals surface area contributed by atoms with Gasteiger partial charge in [0.25, 0.3) is 0 Å². The number of fused-ring (bicyclic) bond motifs is 7. The maximum atomic E-state index is 5.32. The van der Waals surface area contributed by atoms with Gasteiger partial charge in [0.05, 0.1) is 39.0 Å². The summed E-state index contributed by atoms with van der Waals surface area (Å²) in [6.07, 6.45) is 1.90. The van der Waals surface area contributed by atoms with Gasteiger partial charge >= 0.3 is 0 Å². The first-order valence-corrected chi connectivity index (χ1v) is 18.3. The lowest BCUT2D eigenvalue weighted by molar-refractivity contribution is 1.08. The molecule has 0 unspecified atom stereocenters. The van der Waals surface area contributed by atoms with E-state index in [9.17, 15) is 0 Å². The maximum absolute atomic E-state index is 5.32. The fourth-order valence-electron chi connectivity index (χ4n) is 8.26. The topological polar surface area (TPSA) is 35.6 Å². The third-order valence-corrected chi connectivity index (χ3v) is 10.8. The summed E-state index contributed by atoms with van der Waals surface area (Å²) in [5.74, 6) is 0.892. The number of pyridine rings is 2. The van der Waals surface area contributed by atoms with Crippen LogP contribution in [0.25, 0.3) is 99.5 Å². The molecule has 0 radical (unpaired) electrons. The monoisotopic (exact) mass is 688 g/mol. The molecule has 4 nitrogen and oxygen atoms in total. The Labute approximate surface area is 311 Å². The van der Waals surface area contributed by atoms with E-state index in [0.717, 1.165) is 78.0 Å². The molecule has 0 aliphatic rings. The average molecular weight is 689 g/mol. The van der Waals surface area contributed by atoms with Crippen LogP contribution in [0.1, 0.15) is 0 Å². The maximum Gasteiger partial charge on any atom is 0.138 e. The lowest BCUT2D eigenvalue weighted by Crippen LogP contribution is -2.00. The molecule has 54 heavy (non-hydrogen) atoms. The minimum absolute atomic E-state index is 0.892. The van der Waals surface area contributed by atoms with E-state index in [2.05, 4.69) is 185 Å². The standard InChI is InChI=1S/C50H32N4/c1-3-13-33(14-4-1)38-31-43(35-16-5-2-6-17-35)52-49(32-38)54-45-21-10-9-20-40(45)41-29-36(24-26-46(41)54)37-25-27-47-42(30-37)50-48(23-12-28-51-50)53(47)44-22-11-18-34-15-7-8-19-39(34)44/h1-32H. The Kier molecular flexibility index (Phi) is 6.82. The Hall–Kier alpha value is -7.30. The van der Waals surface area contributed by atoms with Crippen molar-refractivity contribution in [2.24, 2.45) is 0 Å². The number of rotatable bonds is 5. The Balaban J connectivity index is 1.10. The molecule has 0 aliphatic carbocycles. The van der Waals surface area contributed by atoms with E-state index >= 15 is 0 Å². The van der Waals surface area contributed by atoms with Crippen molar-refractivity contribution in [1.29, 1.82) is 0 Å². The van der Waals surface area contributed by atoms with Gasteiger partial charge in [-0.15, -0.1) is 0 Å². The van der Waals surface area contributed by atoms with Gasteiger partial charge in [0.15, 0.2) is 0 Å². The van der Waals surface area contributed by atoms with Crippen molar-refractivity contribution in [3.8, 4) is 45.0 Å². The Morgan fingerprint density at radius 2 is 0.981 bits per heavy atom. The van der Waals surface area contributed by atoms with E-state index in [1.807, 2.05) is 18.3 Å². The van der Waals surface area contributed by atoms with Crippen molar-refractivity contribution >= 4 is 54.5 Å². The van der Waals surface area contributed by atoms with Gasteiger partial charge in [-0.2, -0.15) is 0 Å². The highest BCUT2D eigenvalue weighted by molar-refractivity contribution is 6.12. The fraction of sp³-hybridized carbons (Fsp3) is 0. The number of para-hydroxylation sites is 1. The molecule has 4 heteroatoms. The molecule has 0 saturated carbocycles. The van der Waals surface area contributed by atoms with Crippen molar-refractivity contribution in [1.82, 2.24) is 19.1 Å². The van der Waals surface area contributed by atoms with E-state index in [0.29, 0.717) is 0 Å². The van der Waals surface area contributed by atoms with Gasteiger partial charge < -0.3 is 4.57 Å². The number of hydrogen-bond acceptors (Lipinski definition) is 2. The summed E-state index contributed by atoms with van der Waals surface area (Å²) in [4.78, 5) is 10.2. The van der Waals surface area contributed by atoms with E-state index in [1.165, 1.54) is 21.5 Å². The molecule has 252 valence electrons. The van der Waals surface area contributed by atoms with E-state index in [-0.39, 0.29) is 0 Å². The second-order valence-corrected chi connectivity index (χ2v) is 13.9. The van der Waals surface area contributed by atoms with Crippen LogP contribution in [0.15, 0.2) is 194 Å². The molecular weight excluding hydrogens is 657 g/mol. The predicted octanol–water partition coefficient (Wildman–Crippen LogP) is 12.8. The van der Waals surface area contributed by atoms with Crippen LogP contribution in [0.5, 0.6) is 0 Å². The molecule has 4 heterocycles. The third-order valence-electron chi connectivity index (χ3n) is 10.8. The van der Waals surface area contributed by atoms with Gasteiger partial charge in [0.2, 0.25) is 0 Å². The SMILES string of the molecule is c1ccc(-c2cc(-c3ccccc3)nc(-n3c4ccccc4c4cc(-c5ccc6c(c5)c5ncccc5n6-c5cccc6ccccc56)ccc43)c2)cc1. The molecule has 11 aromatic rings. The van der Waals surface area contributed by atoms with Crippen molar-refractivity contribution in [3.05, 3.63) is 194 Å². The zero-order chi connectivity index (χ0) is 35.6. The van der Waals surface area contributed by atoms with Crippen LogP contribution < -0.4 is 0 Å². The van der Waals surface area contributed by atoms with E-state index in [1.54, 1.807) is 0 Å². The molecule has 0 bridgehead atoms. The Morgan fingerprint density at radius 1 is 0.352 bits per heavy atom. The summed E-state index contributed by atoms with van der Waals surface area (Å²) in [7, 11) is 0. The van der Waals surface area contributed by atoms with Crippen LogP contribution in [0.4, 0.5) is 0 Å². The Bertz CT molecular complexity index is 3150. The first-order valence-electron chi connectivity index (χ1n) is 18.3. The first-order chi connectivity index (χ1) is 26.8. The molecule has 0 fully saturated rings. The average Bonchev–Trinajstić information content (AvgIpc) is 3.76. The number of benzene rings is 7. The smallest absolute Gasteiger partial charge is 0.138 e. The lowest BCUT2D eigenvalue weighted by atomic mass is 10.0. The summed E-state index contributed by atoms with van der Waals surface area (Å²) in [5, 5.41) is 5.95. The summed E-state index contributed by atoms with van der Waals surface area (Å²) < 4.78 is 4.68. The summed E-state index contributed by atoms with van der Waals surface area (Å²) in [5.41, 5.74) is 13.3. The minimum Gasteiger partial charge on any atom is -0.307 e. The van der Waals surface area contributed by atoms with Gasteiger partial charge in [0, 0.05) is 33.3 Å². The van der Waals surface area contributed by atoms with Gasteiger partial charge in [0.1, 0.15) is 5.82 Å². The van der Waals surface area contributed by atoms with Crippen LogP contribution in [-0.4, -0.2) is 19.1 Å². The predicted molar refractivity (Wildman–Crippen MR) is 225 cm³/mol. The van der Waals surface area contributed by atoms with Crippen LogP contribution >= 0.6 is 0 Å². The lowest BCUT2D eigenvalue weighted by Gasteiger charge is -2.13. The summed E-state index contributed by atoms with van der Waals surface area (Å²) in [6, 6.07) is 67.1. The van der Waals surface area contributed by atoms with Crippen molar-refractivity contribution in [2.75, 3.05) is 0 Å². The molecule has 7 aromatic carbocycles. The van der Waals surface area contributed by atoms with Gasteiger partial charge in [-0.25, -0.2) is 4.98 Å². The summed E-state index contributed by atoms with van der Waals surface area (Å²) in [6.45, 7) is 0. The number of hydrogen-bond donors (Lipinski definition) is 0. The van der Waals surface area contributed by atoms with Gasteiger partial charge in [-0.3, -0.25) is 9.55 Å². The molecule has 0 saturated heterocycles. The largest absolute Gasteiger partial charge is 0.307 e. The molecule has 0 aliphatic heterocycles. The fourth-order valence-corrected chi connectivity index (χ4v) is 8.26. The van der Waals surface area contributed by atoms with Gasteiger partial charge in [-0.1, -0.05) is 127 Å². The van der Waals surface area contributed by atoms with Crippen molar-refractivity contribution in [3.63, 3.8) is 0 Å². The number of aromatic nitrogens is 4. The Morgan fingerprint density at radius 3 is 1.80 bits per heavy atom. The van der Waals surface area contributed by atoms with Crippen LogP contribution in [0.3, 0.4) is 0 Å². The van der Waals surface area contributed by atoms with Gasteiger partial charge in [-0.05, 0) is 88.3 Å². The minimum atomic E-state index is 0.892. The van der Waals surface area contributed by atoms with Crippen molar-refractivity contribution < 1.29 is 0 Å². The normalized spacial score (nSPS) is 11.7. The van der Waals surface area contributed by atoms with Crippen LogP contribution in [0.2, 0.25) is 0 Å². The highest BCUT2D eigenvalue weighted by Crippen LogP contribution is 2.39. The van der Waals surface area contributed by atoms with E-state index in [4.69, 9.17) is 9.97 Å². The zero-order valence-corrected chi connectivity index (χ0v) is 29.3. The highest BCUT2D eigenvalue weighted by atomic mass is 15.1. The molecule has 0 atom stereocenters. The highest BCUT2D eigenvalue weighted by Gasteiger charge is 2.19.